The molecule has 1 aliphatic heterocycles. The van der Waals surface area contributed by atoms with Gasteiger partial charge in [-0.05, 0) is 31.6 Å². The zero-order valence-corrected chi connectivity index (χ0v) is 11.0. The van der Waals surface area contributed by atoms with Crippen LogP contribution in [0.15, 0.2) is 0 Å². The van der Waals surface area contributed by atoms with Crippen LogP contribution in [0.4, 0.5) is 0 Å². The molecule has 0 aromatic carbocycles. The Hall–Kier alpha value is -0.0500. The van der Waals surface area contributed by atoms with Gasteiger partial charge in [0.05, 0.1) is 0 Å². The van der Waals surface area contributed by atoms with E-state index in [9.17, 15) is 4.79 Å². The number of hydrogen-bond acceptors (Lipinski definition) is 1. The predicted octanol–water partition coefficient (Wildman–Crippen LogP) is 2.81. The third kappa shape index (κ3) is 2.22. The maximum absolute atomic E-state index is 12.3. The molecule has 1 saturated heterocycles. The number of amides is 1. The van der Waals surface area contributed by atoms with Crippen molar-refractivity contribution in [2.45, 2.75) is 45.1 Å². The summed E-state index contributed by atoms with van der Waals surface area (Å²) in [6.07, 6.45) is 5.96. The first-order chi connectivity index (χ1) is 7.24. The third-order valence-electron chi connectivity index (χ3n) is 4.02. The van der Waals surface area contributed by atoms with Crippen molar-refractivity contribution in [2.24, 2.45) is 11.8 Å². The molecule has 0 N–H and O–H groups in total. The fourth-order valence-electron chi connectivity index (χ4n) is 3.01. The van der Waals surface area contributed by atoms with E-state index in [1.54, 1.807) is 0 Å². The molecule has 86 valence electrons. The lowest BCUT2D eigenvalue weighted by atomic mass is 9.96. The molecule has 0 radical (unpaired) electrons. The molecular weight excluding hydrogens is 254 g/mol. The number of likely N-dealkylation sites (tertiary alicyclic amines) is 1. The molecule has 15 heavy (non-hydrogen) atoms. The Bertz CT molecular complexity index is 244. The highest BCUT2D eigenvalue weighted by Crippen LogP contribution is 2.34. The van der Waals surface area contributed by atoms with Gasteiger partial charge in [-0.1, -0.05) is 29.3 Å². The van der Waals surface area contributed by atoms with E-state index in [2.05, 4.69) is 27.8 Å². The minimum atomic E-state index is 0.324. The molecule has 2 rings (SSSR count). The number of halogens is 1. The lowest BCUT2D eigenvalue weighted by Gasteiger charge is -2.27. The van der Waals surface area contributed by atoms with Gasteiger partial charge in [-0.25, -0.2) is 0 Å². The van der Waals surface area contributed by atoms with Gasteiger partial charge in [-0.15, -0.1) is 0 Å². The molecule has 2 unspecified atom stereocenters. The standard InChI is InChI=1S/C12H20BrNO/c1-9-4-2-6-11(9)12(15)14-7-3-5-10(14)8-13/h9-11H,2-8H2,1H3/t9?,10-,11?/m1/s1. The zero-order valence-electron chi connectivity index (χ0n) is 9.42. The van der Waals surface area contributed by atoms with Crippen molar-refractivity contribution in [1.29, 1.82) is 0 Å². The molecule has 0 bridgehead atoms. The van der Waals surface area contributed by atoms with Gasteiger partial charge in [-0.3, -0.25) is 4.79 Å². The summed E-state index contributed by atoms with van der Waals surface area (Å²) in [6, 6.07) is 0.463. The zero-order chi connectivity index (χ0) is 10.8. The van der Waals surface area contributed by atoms with Crippen molar-refractivity contribution in [3.63, 3.8) is 0 Å². The lowest BCUT2D eigenvalue weighted by molar-refractivity contribution is -0.136. The first-order valence-electron chi connectivity index (χ1n) is 6.10. The molecule has 2 fully saturated rings. The molecule has 1 amide bonds. The molecule has 1 aliphatic carbocycles. The Kier molecular flexibility index (Phi) is 3.70. The first-order valence-corrected chi connectivity index (χ1v) is 7.22. The van der Waals surface area contributed by atoms with Crippen molar-refractivity contribution in [2.75, 3.05) is 11.9 Å². The van der Waals surface area contributed by atoms with Crippen molar-refractivity contribution in [3.05, 3.63) is 0 Å². The first kappa shape index (κ1) is 11.4. The second-order valence-electron chi connectivity index (χ2n) is 5.00. The average molecular weight is 274 g/mol. The maximum Gasteiger partial charge on any atom is 0.226 e. The summed E-state index contributed by atoms with van der Waals surface area (Å²) >= 11 is 3.51. The van der Waals surface area contributed by atoms with E-state index in [1.165, 1.54) is 25.7 Å². The molecule has 2 nitrogen and oxygen atoms in total. The normalized spacial score (nSPS) is 36.1. The van der Waals surface area contributed by atoms with E-state index in [-0.39, 0.29) is 0 Å². The van der Waals surface area contributed by atoms with E-state index >= 15 is 0 Å². The van der Waals surface area contributed by atoms with Crippen LogP contribution < -0.4 is 0 Å². The molecule has 0 spiro atoms. The Balaban J connectivity index is 2.00. The average Bonchev–Trinajstić information content (AvgIpc) is 2.84. The van der Waals surface area contributed by atoms with E-state index in [4.69, 9.17) is 0 Å². The quantitative estimate of drug-likeness (QED) is 0.709. The molecule has 1 saturated carbocycles. The van der Waals surface area contributed by atoms with Crippen molar-refractivity contribution >= 4 is 21.8 Å². The summed E-state index contributed by atoms with van der Waals surface area (Å²) in [5.41, 5.74) is 0. The van der Waals surface area contributed by atoms with Gasteiger partial charge >= 0.3 is 0 Å². The summed E-state index contributed by atoms with van der Waals surface area (Å²) in [7, 11) is 0. The smallest absolute Gasteiger partial charge is 0.226 e. The van der Waals surface area contributed by atoms with Crippen LogP contribution in [0.1, 0.15) is 39.0 Å². The number of alkyl halides is 1. The molecule has 1 heterocycles. The maximum atomic E-state index is 12.3. The number of carbonyl (C=O) groups excluding carboxylic acids is 1. The predicted molar refractivity (Wildman–Crippen MR) is 65.0 cm³/mol. The molecule has 3 atom stereocenters. The lowest BCUT2D eigenvalue weighted by Crippen LogP contribution is -2.41. The van der Waals surface area contributed by atoms with Crippen LogP contribution in [0.5, 0.6) is 0 Å². The number of hydrogen-bond donors (Lipinski definition) is 0. The fraction of sp³-hybridized carbons (Fsp3) is 0.917. The van der Waals surface area contributed by atoms with E-state index < -0.39 is 0 Å². The Morgan fingerprint density at radius 2 is 2.13 bits per heavy atom. The topological polar surface area (TPSA) is 20.3 Å². The van der Waals surface area contributed by atoms with E-state index in [0.29, 0.717) is 23.8 Å². The summed E-state index contributed by atoms with van der Waals surface area (Å²) in [5, 5.41) is 0.944. The minimum Gasteiger partial charge on any atom is -0.339 e. The highest BCUT2D eigenvalue weighted by Gasteiger charge is 2.36. The van der Waals surface area contributed by atoms with Gasteiger partial charge in [0.1, 0.15) is 0 Å². The Morgan fingerprint density at radius 1 is 1.33 bits per heavy atom. The molecule has 0 aromatic rings. The Morgan fingerprint density at radius 3 is 2.73 bits per heavy atom. The second-order valence-corrected chi connectivity index (χ2v) is 5.64. The van der Waals surface area contributed by atoms with Crippen LogP contribution in [0.3, 0.4) is 0 Å². The van der Waals surface area contributed by atoms with E-state index in [1.807, 2.05) is 0 Å². The van der Waals surface area contributed by atoms with Gasteiger partial charge in [0.25, 0.3) is 0 Å². The van der Waals surface area contributed by atoms with Crippen LogP contribution >= 0.6 is 15.9 Å². The van der Waals surface area contributed by atoms with Crippen LogP contribution in [0, 0.1) is 11.8 Å². The number of nitrogens with zero attached hydrogens (tertiary/aromatic N) is 1. The van der Waals surface area contributed by atoms with Gasteiger partial charge < -0.3 is 4.90 Å². The largest absolute Gasteiger partial charge is 0.339 e. The van der Waals surface area contributed by atoms with Gasteiger partial charge in [-0.2, -0.15) is 0 Å². The summed E-state index contributed by atoms with van der Waals surface area (Å²) in [5.74, 6) is 1.36. The second kappa shape index (κ2) is 4.86. The Labute approximate surface area is 101 Å². The van der Waals surface area contributed by atoms with Crippen molar-refractivity contribution in [3.8, 4) is 0 Å². The van der Waals surface area contributed by atoms with Crippen LogP contribution in [0.2, 0.25) is 0 Å². The van der Waals surface area contributed by atoms with E-state index in [0.717, 1.165) is 18.3 Å². The fourth-order valence-corrected chi connectivity index (χ4v) is 3.68. The number of carbonyl (C=O) groups is 1. The van der Waals surface area contributed by atoms with Gasteiger partial charge in [0, 0.05) is 23.8 Å². The SMILES string of the molecule is CC1CCCC1C(=O)N1CCC[C@@H]1CBr. The van der Waals surface area contributed by atoms with Crippen LogP contribution in [-0.4, -0.2) is 28.7 Å². The van der Waals surface area contributed by atoms with Crippen molar-refractivity contribution < 1.29 is 4.79 Å². The highest BCUT2D eigenvalue weighted by atomic mass is 79.9. The summed E-state index contributed by atoms with van der Waals surface area (Å²) in [6.45, 7) is 3.22. The number of rotatable bonds is 2. The molecule has 0 aromatic heterocycles. The van der Waals surface area contributed by atoms with Gasteiger partial charge in [0.15, 0.2) is 0 Å². The third-order valence-corrected chi connectivity index (χ3v) is 4.76. The van der Waals surface area contributed by atoms with Gasteiger partial charge in [0.2, 0.25) is 5.91 Å². The van der Waals surface area contributed by atoms with Crippen LogP contribution in [0.25, 0.3) is 0 Å². The van der Waals surface area contributed by atoms with Crippen LogP contribution in [-0.2, 0) is 4.79 Å². The summed E-state index contributed by atoms with van der Waals surface area (Å²) < 4.78 is 0. The molecular formula is C12H20BrNO. The summed E-state index contributed by atoms with van der Waals surface area (Å²) in [4.78, 5) is 14.5. The monoisotopic (exact) mass is 273 g/mol. The van der Waals surface area contributed by atoms with Crippen molar-refractivity contribution in [1.82, 2.24) is 4.90 Å². The minimum absolute atomic E-state index is 0.324. The molecule has 2 aliphatic rings. The highest BCUT2D eigenvalue weighted by molar-refractivity contribution is 9.09. The molecule has 3 heteroatoms.